The molecule has 19 heavy (non-hydrogen) atoms. The molecule has 1 unspecified atom stereocenters. The maximum atomic E-state index is 4.46. The molecule has 1 aromatic heterocycles. The molecule has 2 rings (SSSR count). The quantitative estimate of drug-likeness (QED) is 0.885. The van der Waals surface area contributed by atoms with E-state index in [1.165, 1.54) is 16.0 Å². The zero-order chi connectivity index (χ0) is 13.8. The molecule has 0 aliphatic carbocycles. The summed E-state index contributed by atoms with van der Waals surface area (Å²) in [4.78, 5) is 5.81. The highest BCUT2D eigenvalue weighted by molar-refractivity contribution is 7.11. The van der Waals surface area contributed by atoms with Gasteiger partial charge in [-0.25, -0.2) is 4.98 Å². The van der Waals surface area contributed by atoms with E-state index in [2.05, 4.69) is 62.3 Å². The van der Waals surface area contributed by atoms with Crippen LogP contribution in [0.15, 0.2) is 24.3 Å². The topological polar surface area (TPSA) is 24.9 Å². The van der Waals surface area contributed by atoms with E-state index in [9.17, 15) is 0 Å². The molecule has 102 valence electrons. The predicted molar refractivity (Wildman–Crippen MR) is 82.7 cm³/mol. The SMILES string of the molecule is CCc1ccc(C(C)NCc2sc(C)nc2C)cc1. The molecule has 0 saturated carbocycles. The van der Waals surface area contributed by atoms with Crippen LogP contribution in [0.25, 0.3) is 0 Å². The number of thiazole rings is 1. The Hall–Kier alpha value is -1.19. The molecule has 0 bridgehead atoms. The average molecular weight is 274 g/mol. The number of aromatic nitrogens is 1. The lowest BCUT2D eigenvalue weighted by Gasteiger charge is -2.14. The summed E-state index contributed by atoms with van der Waals surface area (Å²) >= 11 is 1.78. The smallest absolute Gasteiger partial charge is 0.0900 e. The molecule has 0 saturated heterocycles. The Morgan fingerprint density at radius 1 is 1.21 bits per heavy atom. The molecule has 0 radical (unpaired) electrons. The van der Waals surface area contributed by atoms with Crippen molar-refractivity contribution in [1.82, 2.24) is 10.3 Å². The van der Waals surface area contributed by atoms with Crippen molar-refractivity contribution < 1.29 is 0 Å². The summed E-state index contributed by atoms with van der Waals surface area (Å²) < 4.78 is 0. The number of aryl methyl sites for hydroxylation is 3. The molecule has 2 aromatic rings. The Labute approximate surface area is 119 Å². The van der Waals surface area contributed by atoms with E-state index in [1.807, 2.05) is 0 Å². The minimum atomic E-state index is 0.368. The molecule has 0 spiro atoms. The molecule has 3 heteroatoms. The van der Waals surface area contributed by atoms with Gasteiger partial charge in [-0.15, -0.1) is 11.3 Å². The number of benzene rings is 1. The standard InChI is InChI=1S/C16H22N2S/c1-5-14-6-8-15(9-7-14)11(2)17-10-16-12(3)18-13(4)19-16/h6-9,11,17H,5,10H2,1-4H3. The molecular formula is C16H22N2S. The Kier molecular flexibility index (Phi) is 4.72. The van der Waals surface area contributed by atoms with Gasteiger partial charge in [-0.1, -0.05) is 31.2 Å². The van der Waals surface area contributed by atoms with Crippen LogP contribution in [0.4, 0.5) is 0 Å². The van der Waals surface area contributed by atoms with Gasteiger partial charge in [0, 0.05) is 17.5 Å². The Balaban J connectivity index is 1.96. The summed E-state index contributed by atoms with van der Waals surface area (Å²) in [5, 5.41) is 4.72. The van der Waals surface area contributed by atoms with Crippen LogP contribution in [-0.2, 0) is 13.0 Å². The third kappa shape index (κ3) is 3.64. The summed E-state index contributed by atoms with van der Waals surface area (Å²) in [7, 11) is 0. The second-order valence-corrected chi connectivity index (χ2v) is 6.23. The van der Waals surface area contributed by atoms with Crippen molar-refractivity contribution >= 4 is 11.3 Å². The van der Waals surface area contributed by atoms with E-state index >= 15 is 0 Å². The largest absolute Gasteiger partial charge is 0.305 e. The summed E-state index contributed by atoms with van der Waals surface area (Å²) in [6.45, 7) is 9.44. The van der Waals surface area contributed by atoms with E-state index in [0.717, 1.165) is 23.7 Å². The van der Waals surface area contributed by atoms with Gasteiger partial charge in [0.1, 0.15) is 0 Å². The van der Waals surface area contributed by atoms with Gasteiger partial charge in [-0.05, 0) is 38.3 Å². The molecular weight excluding hydrogens is 252 g/mol. The fourth-order valence-electron chi connectivity index (χ4n) is 2.14. The number of nitrogens with zero attached hydrogens (tertiary/aromatic N) is 1. The van der Waals surface area contributed by atoms with Crippen LogP contribution in [0.2, 0.25) is 0 Å². The molecule has 0 aliphatic rings. The van der Waals surface area contributed by atoms with E-state index in [4.69, 9.17) is 0 Å². The second-order valence-electron chi connectivity index (χ2n) is 4.94. The van der Waals surface area contributed by atoms with E-state index in [0.29, 0.717) is 6.04 Å². The Bertz CT molecular complexity index is 528. The van der Waals surface area contributed by atoms with E-state index in [1.54, 1.807) is 11.3 Å². The van der Waals surface area contributed by atoms with Crippen LogP contribution in [0, 0.1) is 13.8 Å². The fraction of sp³-hybridized carbons (Fsp3) is 0.438. The first-order valence-corrected chi connectivity index (χ1v) is 7.67. The molecule has 0 aliphatic heterocycles. The maximum Gasteiger partial charge on any atom is 0.0900 e. The zero-order valence-corrected chi connectivity index (χ0v) is 13.0. The van der Waals surface area contributed by atoms with Crippen molar-refractivity contribution in [1.29, 1.82) is 0 Å². The van der Waals surface area contributed by atoms with Crippen LogP contribution in [0.5, 0.6) is 0 Å². The van der Waals surface area contributed by atoms with E-state index < -0.39 is 0 Å². The average Bonchev–Trinajstić information content (AvgIpc) is 2.74. The highest BCUT2D eigenvalue weighted by Crippen LogP contribution is 2.19. The highest BCUT2D eigenvalue weighted by Gasteiger charge is 2.08. The summed E-state index contributed by atoms with van der Waals surface area (Å²) in [5.74, 6) is 0. The minimum absolute atomic E-state index is 0.368. The van der Waals surface area contributed by atoms with Crippen molar-refractivity contribution in [3.63, 3.8) is 0 Å². The summed E-state index contributed by atoms with van der Waals surface area (Å²) in [5.41, 5.74) is 3.89. The van der Waals surface area contributed by atoms with E-state index in [-0.39, 0.29) is 0 Å². The first kappa shape index (κ1) is 14.2. The van der Waals surface area contributed by atoms with Crippen molar-refractivity contribution in [3.8, 4) is 0 Å². The van der Waals surface area contributed by atoms with Crippen LogP contribution in [0.1, 0.15) is 46.6 Å². The molecule has 0 amide bonds. The highest BCUT2D eigenvalue weighted by atomic mass is 32.1. The van der Waals surface area contributed by atoms with Gasteiger partial charge < -0.3 is 5.32 Å². The number of hydrogen-bond donors (Lipinski definition) is 1. The molecule has 0 fully saturated rings. The third-order valence-electron chi connectivity index (χ3n) is 3.46. The number of rotatable bonds is 5. The van der Waals surface area contributed by atoms with Crippen LogP contribution < -0.4 is 5.32 Å². The van der Waals surface area contributed by atoms with Crippen LogP contribution in [-0.4, -0.2) is 4.98 Å². The lowest BCUT2D eigenvalue weighted by atomic mass is 10.1. The summed E-state index contributed by atoms with van der Waals surface area (Å²) in [6.07, 6.45) is 1.10. The molecule has 1 aromatic carbocycles. The first-order valence-electron chi connectivity index (χ1n) is 6.85. The van der Waals surface area contributed by atoms with Crippen molar-refractivity contribution in [2.45, 2.75) is 46.7 Å². The molecule has 1 N–H and O–H groups in total. The van der Waals surface area contributed by atoms with Gasteiger partial charge in [0.15, 0.2) is 0 Å². The van der Waals surface area contributed by atoms with Gasteiger partial charge >= 0.3 is 0 Å². The van der Waals surface area contributed by atoms with Crippen molar-refractivity contribution in [3.05, 3.63) is 51.0 Å². The monoisotopic (exact) mass is 274 g/mol. The van der Waals surface area contributed by atoms with Crippen molar-refractivity contribution in [2.24, 2.45) is 0 Å². The predicted octanol–water partition coefficient (Wildman–Crippen LogP) is 4.17. The lowest BCUT2D eigenvalue weighted by Crippen LogP contribution is -2.17. The van der Waals surface area contributed by atoms with Crippen LogP contribution >= 0.6 is 11.3 Å². The second kappa shape index (κ2) is 6.31. The normalized spacial score (nSPS) is 12.6. The third-order valence-corrected chi connectivity index (χ3v) is 4.53. The number of nitrogens with one attached hydrogen (secondary N) is 1. The lowest BCUT2D eigenvalue weighted by molar-refractivity contribution is 0.577. The zero-order valence-electron chi connectivity index (χ0n) is 12.2. The molecule has 1 atom stereocenters. The minimum Gasteiger partial charge on any atom is -0.305 e. The van der Waals surface area contributed by atoms with Crippen molar-refractivity contribution in [2.75, 3.05) is 0 Å². The first-order chi connectivity index (χ1) is 9.10. The van der Waals surface area contributed by atoms with Gasteiger partial charge in [0.2, 0.25) is 0 Å². The Morgan fingerprint density at radius 3 is 2.42 bits per heavy atom. The van der Waals surface area contributed by atoms with Gasteiger partial charge in [0.25, 0.3) is 0 Å². The van der Waals surface area contributed by atoms with Gasteiger partial charge in [-0.2, -0.15) is 0 Å². The number of hydrogen-bond acceptors (Lipinski definition) is 3. The summed E-state index contributed by atoms with van der Waals surface area (Å²) in [6, 6.07) is 9.25. The maximum absolute atomic E-state index is 4.46. The van der Waals surface area contributed by atoms with Gasteiger partial charge in [-0.3, -0.25) is 0 Å². The Morgan fingerprint density at radius 2 is 1.89 bits per heavy atom. The molecule has 1 heterocycles. The fourth-order valence-corrected chi connectivity index (χ4v) is 3.03. The van der Waals surface area contributed by atoms with Gasteiger partial charge in [0.05, 0.1) is 10.7 Å². The molecule has 2 nitrogen and oxygen atoms in total. The van der Waals surface area contributed by atoms with Crippen LogP contribution in [0.3, 0.4) is 0 Å².